The lowest BCUT2D eigenvalue weighted by Gasteiger charge is -2.33. The number of aromatic nitrogens is 1. The number of fused-ring (bicyclic) bond motifs is 1. The lowest BCUT2D eigenvalue weighted by atomic mass is 9.91. The molecule has 0 spiro atoms. The van der Waals surface area contributed by atoms with E-state index < -0.39 is 6.04 Å². The summed E-state index contributed by atoms with van der Waals surface area (Å²) in [6, 6.07) is 4.04. The fraction of sp³-hybridized carbons (Fsp3) is 0.529. The first-order chi connectivity index (χ1) is 11.0. The monoisotopic (exact) mass is 319 g/mol. The van der Waals surface area contributed by atoms with Gasteiger partial charge in [-0.2, -0.15) is 0 Å². The highest BCUT2D eigenvalue weighted by Gasteiger charge is 2.30. The number of hydrogen-bond acceptors (Lipinski definition) is 4. The highest BCUT2D eigenvalue weighted by molar-refractivity contribution is 5.82. The summed E-state index contributed by atoms with van der Waals surface area (Å²) in [4.78, 5) is 14.1. The molecule has 1 atom stereocenters. The molecule has 0 bridgehead atoms. The molecule has 0 aliphatic carbocycles. The highest BCUT2D eigenvalue weighted by atomic mass is 19.1. The minimum Gasteiger partial charge on any atom is -0.356 e. The lowest BCUT2D eigenvalue weighted by Crippen LogP contribution is -2.49. The van der Waals surface area contributed by atoms with Gasteiger partial charge in [0.1, 0.15) is 5.82 Å². The Kier molecular flexibility index (Phi) is 4.35. The van der Waals surface area contributed by atoms with Gasteiger partial charge in [0, 0.05) is 30.5 Å². The van der Waals surface area contributed by atoms with Crippen LogP contribution in [0, 0.1) is 11.7 Å². The van der Waals surface area contributed by atoms with Gasteiger partial charge in [0.2, 0.25) is 5.91 Å². The number of piperidine rings is 1. The van der Waals surface area contributed by atoms with E-state index in [1.165, 1.54) is 12.1 Å². The molecular formula is C17H22FN3O2. The van der Waals surface area contributed by atoms with E-state index in [-0.39, 0.29) is 23.6 Å². The molecule has 1 aliphatic heterocycles. The first kappa shape index (κ1) is 15.9. The van der Waals surface area contributed by atoms with Crippen LogP contribution in [-0.2, 0) is 4.79 Å². The van der Waals surface area contributed by atoms with E-state index in [2.05, 4.69) is 5.16 Å². The van der Waals surface area contributed by atoms with Gasteiger partial charge in [0.15, 0.2) is 5.58 Å². The smallest absolute Gasteiger partial charge is 0.239 e. The maximum atomic E-state index is 13.2. The molecular weight excluding hydrogens is 297 g/mol. The van der Waals surface area contributed by atoms with E-state index in [4.69, 9.17) is 10.3 Å². The normalized spacial score (nSPS) is 17.9. The minimum absolute atomic E-state index is 0.0190. The molecule has 0 unspecified atom stereocenters. The maximum Gasteiger partial charge on any atom is 0.239 e. The number of benzene rings is 1. The Hall–Kier alpha value is -1.95. The molecule has 124 valence electrons. The van der Waals surface area contributed by atoms with Crippen LogP contribution in [-0.4, -0.2) is 35.1 Å². The summed E-state index contributed by atoms with van der Waals surface area (Å²) in [5.41, 5.74) is 7.29. The summed E-state index contributed by atoms with van der Waals surface area (Å²) >= 11 is 0. The Morgan fingerprint density at radius 2 is 2.09 bits per heavy atom. The zero-order valence-corrected chi connectivity index (χ0v) is 13.5. The summed E-state index contributed by atoms with van der Waals surface area (Å²) in [6.45, 7) is 5.24. The van der Waals surface area contributed by atoms with Crippen LogP contribution in [0.4, 0.5) is 4.39 Å². The maximum absolute atomic E-state index is 13.2. The van der Waals surface area contributed by atoms with Gasteiger partial charge in [-0.25, -0.2) is 4.39 Å². The van der Waals surface area contributed by atoms with Gasteiger partial charge in [0.25, 0.3) is 0 Å². The largest absolute Gasteiger partial charge is 0.356 e. The second-order valence-electron chi connectivity index (χ2n) is 6.58. The number of amides is 1. The van der Waals surface area contributed by atoms with E-state index in [1.54, 1.807) is 6.07 Å². The van der Waals surface area contributed by atoms with Gasteiger partial charge >= 0.3 is 0 Å². The second kappa shape index (κ2) is 6.28. The zero-order chi connectivity index (χ0) is 16.6. The fourth-order valence-electron chi connectivity index (χ4n) is 3.09. The average molecular weight is 319 g/mol. The Labute approximate surface area is 134 Å². The van der Waals surface area contributed by atoms with Crippen molar-refractivity contribution in [3.8, 4) is 0 Å². The standard InChI is InChI=1S/C17H22FN3O2/c1-10(2)15(19)17(22)21-7-5-11(6-8-21)16-13-4-3-12(18)9-14(13)23-20-16/h3-4,9-11,15H,5-8,19H2,1-2H3/t15-/m0/s1. The molecule has 2 heterocycles. The molecule has 6 heteroatoms. The third kappa shape index (κ3) is 3.08. The van der Waals surface area contributed by atoms with Crippen molar-refractivity contribution in [3.63, 3.8) is 0 Å². The molecule has 0 saturated carbocycles. The molecule has 5 nitrogen and oxygen atoms in total. The summed E-state index contributed by atoms with van der Waals surface area (Å²) < 4.78 is 18.5. The molecule has 0 radical (unpaired) electrons. The number of rotatable bonds is 3. The Balaban J connectivity index is 1.70. The van der Waals surface area contributed by atoms with E-state index in [0.717, 1.165) is 23.9 Å². The Bertz CT molecular complexity index is 705. The molecule has 1 amide bonds. The van der Waals surface area contributed by atoms with E-state index in [0.29, 0.717) is 18.7 Å². The third-order valence-corrected chi connectivity index (χ3v) is 4.66. The van der Waals surface area contributed by atoms with Gasteiger partial charge < -0.3 is 15.2 Å². The van der Waals surface area contributed by atoms with Gasteiger partial charge in [-0.15, -0.1) is 0 Å². The van der Waals surface area contributed by atoms with Crippen LogP contribution in [0.5, 0.6) is 0 Å². The molecule has 1 saturated heterocycles. The summed E-state index contributed by atoms with van der Waals surface area (Å²) in [5.74, 6) is 0.0458. The van der Waals surface area contributed by atoms with Crippen molar-refractivity contribution >= 4 is 16.9 Å². The highest BCUT2D eigenvalue weighted by Crippen LogP contribution is 2.33. The fourth-order valence-corrected chi connectivity index (χ4v) is 3.09. The minimum atomic E-state index is -0.442. The SMILES string of the molecule is CC(C)[C@H](N)C(=O)N1CCC(c2noc3cc(F)ccc23)CC1. The molecule has 2 N–H and O–H groups in total. The van der Waals surface area contributed by atoms with Crippen LogP contribution in [0.3, 0.4) is 0 Å². The van der Waals surface area contributed by atoms with Crippen molar-refractivity contribution in [1.29, 1.82) is 0 Å². The van der Waals surface area contributed by atoms with Crippen molar-refractivity contribution in [2.45, 2.75) is 38.6 Å². The Morgan fingerprint density at radius 3 is 2.74 bits per heavy atom. The topological polar surface area (TPSA) is 72.4 Å². The summed E-state index contributed by atoms with van der Waals surface area (Å²) in [7, 11) is 0. The van der Waals surface area contributed by atoms with Gasteiger partial charge in [0.05, 0.1) is 11.7 Å². The number of hydrogen-bond donors (Lipinski definition) is 1. The molecule has 1 aromatic carbocycles. The first-order valence-electron chi connectivity index (χ1n) is 8.06. The predicted octanol–water partition coefficient (Wildman–Crippen LogP) is 2.66. The van der Waals surface area contributed by atoms with Crippen molar-refractivity contribution < 1.29 is 13.7 Å². The molecule has 3 rings (SSSR count). The molecule has 1 fully saturated rings. The predicted molar refractivity (Wildman–Crippen MR) is 85.3 cm³/mol. The van der Waals surface area contributed by atoms with Crippen molar-refractivity contribution in [2.24, 2.45) is 11.7 Å². The lowest BCUT2D eigenvalue weighted by molar-refractivity contribution is -0.134. The summed E-state index contributed by atoms with van der Waals surface area (Å²) in [5, 5.41) is 4.98. The number of carbonyl (C=O) groups is 1. The van der Waals surface area contributed by atoms with Crippen LogP contribution in [0.2, 0.25) is 0 Å². The Morgan fingerprint density at radius 1 is 1.39 bits per heavy atom. The van der Waals surface area contributed by atoms with E-state index in [9.17, 15) is 9.18 Å². The molecule has 1 aliphatic rings. The van der Waals surface area contributed by atoms with Crippen LogP contribution in [0.1, 0.15) is 38.3 Å². The van der Waals surface area contributed by atoms with Crippen molar-refractivity contribution in [3.05, 3.63) is 29.7 Å². The van der Waals surface area contributed by atoms with Crippen LogP contribution in [0.15, 0.2) is 22.7 Å². The quantitative estimate of drug-likeness (QED) is 0.944. The van der Waals surface area contributed by atoms with Crippen molar-refractivity contribution in [2.75, 3.05) is 13.1 Å². The number of carbonyl (C=O) groups excluding carboxylic acids is 1. The molecule has 1 aromatic heterocycles. The van der Waals surface area contributed by atoms with Crippen LogP contribution < -0.4 is 5.73 Å². The number of nitrogens with two attached hydrogens (primary N) is 1. The molecule has 23 heavy (non-hydrogen) atoms. The van der Waals surface area contributed by atoms with Crippen LogP contribution >= 0.6 is 0 Å². The first-order valence-corrected chi connectivity index (χ1v) is 8.06. The van der Waals surface area contributed by atoms with Crippen LogP contribution in [0.25, 0.3) is 11.0 Å². The number of likely N-dealkylation sites (tertiary alicyclic amines) is 1. The van der Waals surface area contributed by atoms with E-state index >= 15 is 0 Å². The zero-order valence-electron chi connectivity index (χ0n) is 13.5. The van der Waals surface area contributed by atoms with Crippen molar-refractivity contribution in [1.82, 2.24) is 10.1 Å². The average Bonchev–Trinajstić information content (AvgIpc) is 2.96. The molecule has 2 aromatic rings. The number of nitrogens with zero attached hydrogens (tertiary/aromatic N) is 2. The van der Waals surface area contributed by atoms with Gasteiger partial charge in [-0.3, -0.25) is 4.79 Å². The van der Waals surface area contributed by atoms with Gasteiger partial charge in [-0.1, -0.05) is 19.0 Å². The third-order valence-electron chi connectivity index (χ3n) is 4.66. The second-order valence-corrected chi connectivity index (χ2v) is 6.58. The summed E-state index contributed by atoms with van der Waals surface area (Å²) in [6.07, 6.45) is 1.63. The number of halogens is 1. The van der Waals surface area contributed by atoms with E-state index in [1.807, 2.05) is 18.7 Å². The van der Waals surface area contributed by atoms with Gasteiger partial charge in [-0.05, 0) is 30.9 Å².